The molecule has 1 fully saturated rings. The minimum Gasteiger partial charge on any atom is -0.360 e. The van der Waals surface area contributed by atoms with Gasteiger partial charge in [0.1, 0.15) is 11.8 Å². The van der Waals surface area contributed by atoms with E-state index in [1.54, 1.807) is 13.0 Å². The molecule has 0 radical (unpaired) electrons. The number of rotatable bonds is 2. The molecule has 1 aliphatic heterocycles. The third-order valence-corrected chi connectivity index (χ3v) is 4.07. The van der Waals surface area contributed by atoms with Crippen molar-refractivity contribution in [1.29, 1.82) is 0 Å². The van der Waals surface area contributed by atoms with E-state index in [1.807, 2.05) is 17.5 Å². The van der Waals surface area contributed by atoms with Gasteiger partial charge in [0, 0.05) is 24.0 Å². The number of amides is 3. The quantitative estimate of drug-likeness (QED) is 0.885. The summed E-state index contributed by atoms with van der Waals surface area (Å²) in [6, 6.07) is 4.37. The SMILES string of the molecule is Cc1cc(NC(=O)N2CCNC(=O)[C@@H]2c2cccs2)no1. The molecule has 0 aliphatic carbocycles. The van der Waals surface area contributed by atoms with Crippen LogP contribution in [0.3, 0.4) is 0 Å². The number of anilines is 1. The van der Waals surface area contributed by atoms with Gasteiger partial charge in [-0.3, -0.25) is 10.1 Å². The highest BCUT2D eigenvalue weighted by molar-refractivity contribution is 7.10. The summed E-state index contributed by atoms with van der Waals surface area (Å²) < 4.78 is 4.91. The van der Waals surface area contributed by atoms with Crippen molar-refractivity contribution in [1.82, 2.24) is 15.4 Å². The monoisotopic (exact) mass is 306 g/mol. The largest absolute Gasteiger partial charge is 0.360 e. The average molecular weight is 306 g/mol. The van der Waals surface area contributed by atoms with Crippen LogP contribution >= 0.6 is 11.3 Å². The third-order valence-electron chi connectivity index (χ3n) is 3.15. The van der Waals surface area contributed by atoms with E-state index in [0.717, 1.165) is 4.88 Å². The molecule has 0 bridgehead atoms. The molecule has 0 aromatic carbocycles. The molecular formula is C13H14N4O3S. The molecule has 110 valence electrons. The molecule has 2 aromatic heterocycles. The van der Waals surface area contributed by atoms with Crippen LogP contribution in [0.4, 0.5) is 10.6 Å². The molecule has 3 rings (SSSR count). The second-order valence-corrected chi connectivity index (χ2v) is 5.63. The van der Waals surface area contributed by atoms with Gasteiger partial charge in [-0.25, -0.2) is 4.79 Å². The van der Waals surface area contributed by atoms with Gasteiger partial charge in [-0.2, -0.15) is 0 Å². The Morgan fingerprint density at radius 2 is 2.48 bits per heavy atom. The number of thiophene rings is 1. The van der Waals surface area contributed by atoms with Crippen LogP contribution in [-0.4, -0.2) is 35.1 Å². The Labute approximate surface area is 124 Å². The predicted octanol–water partition coefficient (Wildman–Crippen LogP) is 1.75. The van der Waals surface area contributed by atoms with E-state index < -0.39 is 6.04 Å². The normalized spacial score (nSPS) is 18.4. The molecule has 1 atom stereocenters. The Bertz CT molecular complexity index is 652. The third kappa shape index (κ3) is 2.75. The van der Waals surface area contributed by atoms with Gasteiger partial charge >= 0.3 is 6.03 Å². The smallest absolute Gasteiger partial charge is 0.324 e. The zero-order valence-corrected chi connectivity index (χ0v) is 12.1. The molecule has 2 N–H and O–H groups in total. The van der Waals surface area contributed by atoms with Crippen LogP contribution in [-0.2, 0) is 4.79 Å². The number of hydrogen-bond acceptors (Lipinski definition) is 5. The average Bonchev–Trinajstić information content (AvgIpc) is 3.10. The van der Waals surface area contributed by atoms with E-state index in [1.165, 1.54) is 16.2 Å². The number of carbonyl (C=O) groups is 2. The molecule has 8 heteroatoms. The number of aryl methyl sites for hydroxylation is 1. The number of hydrogen-bond donors (Lipinski definition) is 2. The predicted molar refractivity (Wildman–Crippen MR) is 77.0 cm³/mol. The molecule has 21 heavy (non-hydrogen) atoms. The van der Waals surface area contributed by atoms with Crippen molar-refractivity contribution in [2.45, 2.75) is 13.0 Å². The highest BCUT2D eigenvalue weighted by atomic mass is 32.1. The van der Waals surface area contributed by atoms with E-state index in [4.69, 9.17) is 4.52 Å². The molecule has 1 saturated heterocycles. The van der Waals surface area contributed by atoms with Crippen molar-refractivity contribution in [3.8, 4) is 0 Å². The van der Waals surface area contributed by atoms with E-state index >= 15 is 0 Å². The lowest BCUT2D eigenvalue weighted by Gasteiger charge is -2.34. The van der Waals surface area contributed by atoms with Gasteiger partial charge in [-0.15, -0.1) is 11.3 Å². The Hall–Kier alpha value is -2.35. The maximum atomic E-state index is 12.4. The first-order valence-corrected chi connectivity index (χ1v) is 7.35. The molecule has 7 nitrogen and oxygen atoms in total. The summed E-state index contributed by atoms with van der Waals surface area (Å²) in [6.07, 6.45) is 0. The van der Waals surface area contributed by atoms with Gasteiger partial charge in [0.15, 0.2) is 5.82 Å². The first-order valence-electron chi connectivity index (χ1n) is 6.47. The molecule has 3 heterocycles. The highest BCUT2D eigenvalue weighted by Gasteiger charge is 2.35. The summed E-state index contributed by atoms with van der Waals surface area (Å²) in [5, 5.41) is 11.0. The van der Waals surface area contributed by atoms with Gasteiger partial charge in [-0.1, -0.05) is 11.2 Å². The standard InChI is InChI=1S/C13H14N4O3S/c1-8-7-10(16-20-8)15-13(19)17-5-4-14-12(18)11(17)9-3-2-6-21-9/h2-3,6-7,11H,4-5H2,1H3,(H,14,18)(H,15,16,19)/t11-/m0/s1. The van der Waals surface area contributed by atoms with Crippen LogP contribution in [0.1, 0.15) is 16.7 Å². The van der Waals surface area contributed by atoms with Crippen molar-refractivity contribution in [3.63, 3.8) is 0 Å². The van der Waals surface area contributed by atoms with E-state index in [2.05, 4.69) is 15.8 Å². The van der Waals surface area contributed by atoms with Crippen LogP contribution in [0.5, 0.6) is 0 Å². The van der Waals surface area contributed by atoms with Gasteiger partial charge < -0.3 is 14.7 Å². The lowest BCUT2D eigenvalue weighted by Crippen LogP contribution is -2.53. The topological polar surface area (TPSA) is 87.5 Å². The second kappa shape index (κ2) is 5.57. The fraction of sp³-hybridized carbons (Fsp3) is 0.308. The fourth-order valence-electron chi connectivity index (χ4n) is 2.22. The Kier molecular flexibility index (Phi) is 3.61. The lowest BCUT2D eigenvalue weighted by atomic mass is 10.1. The molecule has 0 spiro atoms. The molecule has 3 amide bonds. The van der Waals surface area contributed by atoms with E-state index in [0.29, 0.717) is 24.7 Å². The molecule has 2 aromatic rings. The first-order chi connectivity index (χ1) is 10.1. The van der Waals surface area contributed by atoms with Crippen LogP contribution in [0, 0.1) is 6.92 Å². The van der Waals surface area contributed by atoms with Gasteiger partial charge in [0.2, 0.25) is 5.91 Å². The van der Waals surface area contributed by atoms with Gasteiger partial charge in [0.25, 0.3) is 0 Å². The Morgan fingerprint density at radius 3 is 3.14 bits per heavy atom. The number of carbonyl (C=O) groups excluding carboxylic acids is 2. The summed E-state index contributed by atoms with van der Waals surface area (Å²) in [4.78, 5) is 26.8. The van der Waals surface area contributed by atoms with E-state index in [-0.39, 0.29) is 11.9 Å². The van der Waals surface area contributed by atoms with Gasteiger partial charge in [0.05, 0.1) is 0 Å². The minimum absolute atomic E-state index is 0.171. The fourth-order valence-corrected chi connectivity index (χ4v) is 3.06. The number of nitrogens with one attached hydrogen (secondary N) is 2. The Morgan fingerprint density at radius 1 is 1.62 bits per heavy atom. The van der Waals surface area contributed by atoms with Crippen LogP contribution < -0.4 is 10.6 Å². The minimum atomic E-state index is -0.605. The van der Waals surface area contributed by atoms with Crippen LogP contribution in [0.15, 0.2) is 28.1 Å². The number of piperazine rings is 1. The van der Waals surface area contributed by atoms with Crippen LogP contribution in [0.2, 0.25) is 0 Å². The summed E-state index contributed by atoms with van der Waals surface area (Å²) in [5.41, 5.74) is 0. The lowest BCUT2D eigenvalue weighted by molar-refractivity contribution is -0.127. The summed E-state index contributed by atoms with van der Waals surface area (Å²) in [7, 11) is 0. The van der Waals surface area contributed by atoms with E-state index in [9.17, 15) is 9.59 Å². The van der Waals surface area contributed by atoms with Crippen molar-refractivity contribution in [3.05, 3.63) is 34.2 Å². The van der Waals surface area contributed by atoms with Crippen molar-refractivity contribution < 1.29 is 14.1 Å². The molecular weight excluding hydrogens is 292 g/mol. The number of urea groups is 1. The molecule has 0 unspecified atom stereocenters. The van der Waals surface area contributed by atoms with Gasteiger partial charge in [-0.05, 0) is 18.4 Å². The number of aromatic nitrogens is 1. The summed E-state index contributed by atoms with van der Waals surface area (Å²) >= 11 is 1.45. The zero-order chi connectivity index (χ0) is 14.8. The maximum Gasteiger partial charge on any atom is 0.324 e. The second-order valence-electron chi connectivity index (χ2n) is 4.66. The summed E-state index contributed by atoms with van der Waals surface area (Å²) in [6.45, 7) is 2.62. The summed E-state index contributed by atoms with van der Waals surface area (Å²) in [5.74, 6) is 0.778. The van der Waals surface area contributed by atoms with Crippen LogP contribution in [0.25, 0.3) is 0 Å². The zero-order valence-electron chi connectivity index (χ0n) is 11.3. The molecule has 1 aliphatic rings. The van der Waals surface area contributed by atoms with Crippen molar-refractivity contribution in [2.75, 3.05) is 18.4 Å². The Balaban J connectivity index is 1.80. The molecule has 0 saturated carbocycles. The first kappa shape index (κ1) is 13.6. The van der Waals surface area contributed by atoms with Crippen molar-refractivity contribution in [2.24, 2.45) is 0 Å². The number of nitrogens with zero attached hydrogens (tertiary/aromatic N) is 2. The van der Waals surface area contributed by atoms with Crippen molar-refractivity contribution >= 4 is 29.1 Å². The maximum absolute atomic E-state index is 12.4. The highest BCUT2D eigenvalue weighted by Crippen LogP contribution is 2.27.